The van der Waals surface area contributed by atoms with Gasteiger partial charge < -0.3 is 20.4 Å². The molecule has 0 aliphatic carbocycles. The van der Waals surface area contributed by atoms with Gasteiger partial charge in [-0.05, 0) is 38.1 Å². The van der Waals surface area contributed by atoms with Gasteiger partial charge in [0.15, 0.2) is 0 Å². The number of hydrogen-bond donors (Lipinski definition) is 1. The summed E-state index contributed by atoms with van der Waals surface area (Å²) in [6.45, 7) is 5.72. The van der Waals surface area contributed by atoms with E-state index >= 15 is 0 Å². The van der Waals surface area contributed by atoms with Crippen LogP contribution < -0.4 is 10.6 Å². The highest BCUT2D eigenvalue weighted by Gasteiger charge is 2.25. The van der Waals surface area contributed by atoms with Crippen LogP contribution in [0.3, 0.4) is 0 Å². The first-order valence-corrected chi connectivity index (χ1v) is 7.77. The van der Waals surface area contributed by atoms with E-state index in [9.17, 15) is 4.79 Å². The van der Waals surface area contributed by atoms with Crippen molar-refractivity contribution in [1.29, 1.82) is 0 Å². The van der Waals surface area contributed by atoms with E-state index in [1.165, 1.54) is 0 Å². The summed E-state index contributed by atoms with van der Waals surface area (Å²) in [5.74, 6) is 0.133. The molecule has 2 aliphatic rings. The predicted molar refractivity (Wildman–Crippen MR) is 85.7 cm³/mol. The second-order valence-electron chi connectivity index (χ2n) is 6.07. The Labute approximate surface area is 126 Å². The van der Waals surface area contributed by atoms with E-state index in [1.54, 1.807) is 0 Å². The van der Waals surface area contributed by atoms with Gasteiger partial charge in [0, 0.05) is 50.6 Å². The molecule has 0 aromatic heterocycles. The number of nitrogens with zero attached hydrogens (tertiary/aromatic N) is 3. The number of piperazine rings is 1. The highest BCUT2D eigenvalue weighted by molar-refractivity contribution is 6.01. The van der Waals surface area contributed by atoms with Crippen molar-refractivity contribution < 1.29 is 4.79 Å². The lowest BCUT2D eigenvalue weighted by Crippen LogP contribution is -2.45. The fourth-order valence-electron chi connectivity index (χ4n) is 3.14. The average molecular weight is 288 g/mol. The van der Waals surface area contributed by atoms with Gasteiger partial charge in [0.05, 0.1) is 5.56 Å². The normalized spacial score (nSPS) is 20.0. The summed E-state index contributed by atoms with van der Waals surface area (Å²) in [6, 6.07) is 5.74. The number of likely N-dealkylation sites (tertiary alicyclic amines) is 1. The second kappa shape index (κ2) is 5.93. The Kier molecular flexibility index (Phi) is 4.01. The summed E-state index contributed by atoms with van der Waals surface area (Å²) >= 11 is 0. The van der Waals surface area contributed by atoms with Gasteiger partial charge in [-0.15, -0.1) is 0 Å². The first-order valence-electron chi connectivity index (χ1n) is 7.77. The van der Waals surface area contributed by atoms with Crippen LogP contribution in [0.4, 0.5) is 11.4 Å². The van der Waals surface area contributed by atoms with E-state index < -0.39 is 0 Å². The number of amides is 1. The Balaban J connectivity index is 1.87. The number of benzene rings is 1. The summed E-state index contributed by atoms with van der Waals surface area (Å²) in [5.41, 5.74) is 8.38. The van der Waals surface area contributed by atoms with Crippen molar-refractivity contribution >= 4 is 17.3 Å². The summed E-state index contributed by atoms with van der Waals surface area (Å²) in [4.78, 5) is 19.3. The zero-order chi connectivity index (χ0) is 14.8. The third-order valence-electron chi connectivity index (χ3n) is 4.49. The van der Waals surface area contributed by atoms with E-state index in [-0.39, 0.29) is 5.91 Å². The van der Waals surface area contributed by atoms with E-state index in [1.807, 2.05) is 23.1 Å². The van der Waals surface area contributed by atoms with Crippen molar-refractivity contribution in [3.05, 3.63) is 23.8 Å². The van der Waals surface area contributed by atoms with Crippen LogP contribution in [-0.4, -0.2) is 62.0 Å². The van der Waals surface area contributed by atoms with Crippen LogP contribution in [0.2, 0.25) is 0 Å². The highest BCUT2D eigenvalue weighted by atomic mass is 16.2. The first-order chi connectivity index (χ1) is 10.1. The molecule has 2 heterocycles. The second-order valence-corrected chi connectivity index (χ2v) is 6.07. The molecule has 21 heavy (non-hydrogen) atoms. The van der Waals surface area contributed by atoms with Crippen molar-refractivity contribution in [3.63, 3.8) is 0 Å². The zero-order valence-electron chi connectivity index (χ0n) is 12.7. The Morgan fingerprint density at radius 3 is 2.38 bits per heavy atom. The molecule has 0 unspecified atom stereocenters. The van der Waals surface area contributed by atoms with Crippen LogP contribution in [0.5, 0.6) is 0 Å². The number of likely N-dealkylation sites (N-methyl/N-ethyl adjacent to an activating group) is 1. The van der Waals surface area contributed by atoms with Crippen LogP contribution in [0.1, 0.15) is 23.2 Å². The van der Waals surface area contributed by atoms with Gasteiger partial charge in [0.1, 0.15) is 0 Å². The molecule has 0 radical (unpaired) electrons. The molecule has 1 aromatic rings. The van der Waals surface area contributed by atoms with E-state index in [4.69, 9.17) is 5.73 Å². The van der Waals surface area contributed by atoms with Crippen LogP contribution in [0.25, 0.3) is 0 Å². The number of carbonyl (C=O) groups excluding carboxylic acids is 1. The molecular weight excluding hydrogens is 264 g/mol. The maximum Gasteiger partial charge on any atom is 0.256 e. The Morgan fingerprint density at radius 1 is 1.05 bits per heavy atom. The molecule has 1 amide bonds. The molecule has 1 aromatic carbocycles. The lowest BCUT2D eigenvalue weighted by molar-refractivity contribution is 0.0793. The molecule has 2 fully saturated rings. The third kappa shape index (κ3) is 2.97. The Morgan fingerprint density at radius 2 is 1.71 bits per heavy atom. The van der Waals surface area contributed by atoms with Gasteiger partial charge in [-0.25, -0.2) is 0 Å². The molecule has 5 nitrogen and oxygen atoms in total. The van der Waals surface area contributed by atoms with Gasteiger partial charge >= 0.3 is 0 Å². The number of nitrogens with two attached hydrogens (primary N) is 1. The molecule has 2 N–H and O–H groups in total. The minimum atomic E-state index is 0.133. The zero-order valence-corrected chi connectivity index (χ0v) is 12.7. The minimum absolute atomic E-state index is 0.133. The predicted octanol–water partition coefficient (Wildman–Crippen LogP) is 1.26. The van der Waals surface area contributed by atoms with Gasteiger partial charge in [-0.2, -0.15) is 0 Å². The average Bonchev–Trinajstić information content (AvgIpc) is 3.02. The standard InChI is InChI=1S/C16H24N4O/c1-18-8-10-19(11-9-18)15-5-4-13(17)12-14(15)16(21)20-6-2-3-7-20/h4-5,12H,2-3,6-11,17H2,1H3. The van der Waals surface area contributed by atoms with Crippen LogP contribution in [0, 0.1) is 0 Å². The SMILES string of the molecule is CN1CCN(c2ccc(N)cc2C(=O)N2CCCC2)CC1. The van der Waals surface area contributed by atoms with Gasteiger partial charge in [-0.3, -0.25) is 4.79 Å². The van der Waals surface area contributed by atoms with Crippen molar-refractivity contribution in [1.82, 2.24) is 9.80 Å². The molecule has 2 aliphatic heterocycles. The molecular formula is C16H24N4O. The number of nitrogen functional groups attached to an aromatic ring is 1. The minimum Gasteiger partial charge on any atom is -0.399 e. The van der Waals surface area contributed by atoms with Crippen LogP contribution >= 0.6 is 0 Å². The van der Waals surface area contributed by atoms with Crippen molar-refractivity contribution in [3.8, 4) is 0 Å². The third-order valence-corrected chi connectivity index (χ3v) is 4.49. The highest BCUT2D eigenvalue weighted by Crippen LogP contribution is 2.26. The van der Waals surface area contributed by atoms with Gasteiger partial charge in [0.25, 0.3) is 5.91 Å². The topological polar surface area (TPSA) is 52.8 Å². The summed E-state index contributed by atoms with van der Waals surface area (Å²) in [6.07, 6.45) is 2.22. The van der Waals surface area contributed by atoms with Gasteiger partial charge in [-0.1, -0.05) is 0 Å². The molecule has 0 atom stereocenters. The smallest absolute Gasteiger partial charge is 0.256 e. The van der Waals surface area contributed by atoms with Gasteiger partial charge in [0.2, 0.25) is 0 Å². The lowest BCUT2D eigenvalue weighted by atomic mass is 10.1. The fraction of sp³-hybridized carbons (Fsp3) is 0.562. The van der Waals surface area contributed by atoms with E-state index in [0.29, 0.717) is 5.69 Å². The van der Waals surface area contributed by atoms with Crippen molar-refractivity contribution in [2.45, 2.75) is 12.8 Å². The quantitative estimate of drug-likeness (QED) is 0.832. The summed E-state index contributed by atoms with van der Waals surface area (Å²) < 4.78 is 0. The maximum atomic E-state index is 12.8. The van der Waals surface area contributed by atoms with Crippen molar-refractivity contribution in [2.24, 2.45) is 0 Å². The molecule has 5 heteroatoms. The van der Waals surface area contributed by atoms with E-state index in [2.05, 4.69) is 16.8 Å². The number of carbonyl (C=O) groups is 1. The van der Waals surface area contributed by atoms with E-state index in [0.717, 1.165) is 63.4 Å². The lowest BCUT2D eigenvalue weighted by Gasteiger charge is -2.35. The molecule has 0 bridgehead atoms. The summed E-state index contributed by atoms with van der Waals surface area (Å²) in [5, 5.41) is 0. The van der Waals surface area contributed by atoms with Crippen LogP contribution in [0.15, 0.2) is 18.2 Å². The molecule has 3 rings (SSSR count). The number of hydrogen-bond acceptors (Lipinski definition) is 4. The molecule has 2 saturated heterocycles. The summed E-state index contributed by atoms with van der Waals surface area (Å²) in [7, 11) is 2.14. The monoisotopic (exact) mass is 288 g/mol. The maximum absolute atomic E-state index is 12.8. The Bertz CT molecular complexity index is 517. The first kappa shape index (κ1) is 14.2. The van der Waals surface area contributed by atoms with Crippen molar-refractivity contribution in [2.75, 3.05) is 56.9 Å². The number of rotatable bonds is 2. The van der Waals surface area contributed by atoms with Crippen LogP contribution in [-0.2, 0) is 0 Å². The fourth-order valence-corrected chi connectivity index (χ4v) is 3.14. The molecule has 114 valence electrons. The largest absolute Gasteiger partial charge is 0.399 e. The molecule has 0 spiro atoms. The Hall–Kier alpha value is -1.75. The number of anilines is 2. The molecule has 0 saturated carbocycles.